The Morgan fingerprint density at radius 3 is 2.63 bits per heavy atom. The molecule has 1 aliphatic heterocycles. The first-order valence-corrected chi connectivity index (χ1v) is 9.63. The van der Waals surface area contributed by atoms with Crippen molar-refractivity contribution in [3.05, 3.63) is 72.3 Å². The lowest BCUT2D eigenvalue weighted by Gasteiger charge is -2.20. The summed E-state index contributed by atoms with van der Waals surface area (Å²) < 4.78 is 10.8. The molecule has 156 valence electrons. The van der Waals surface area contributed by atoms with E-state index in [2.05, 4.69) is 17.0 Å². The molecule has 0 bridgehead atoms. The Morgan fingerprint density at radius 1 is 1.17 bits per heavy atom. The number of carbonyl (C=O) groups excluding carboxylic acids is 2. The zero-order valence-corrected chi connectivity index (χ0v) is 17.1. The number of urea groups is 1. The summed E-state index contributed by atoms with van der Waals surface area (Å²) in [6.45, 7) is 5.69. The Hall–Kier alpha value is -3.61. The number of imide groups is 1. The van der Waals surface area contributed by atoms with Crippen LogP contribution in [0.3, 0.4) is 0 Å². The number of amides is 3. The standard InChI is InChI=1S/C23H25N3O4/c1-4-14-30-19-11-10-18(15-20(19)29-3)16-24-26-21(27)23(2,25-22(26)28)13-12-17-8-6-5-7-9-17/h4-11,15-16H,1,12-14H2,2-3H3,(H,25,28)/b24-16-/t23-/m0/s1. The number of hydrogen-bond donors (Lipinski definition) is 1. The second-order valence-corrected chi connectivity index (χ2v) is 7.12. The number of benzene rings is 2. The van der Waals surface area contributed by atoms with E-state index in [0.29, 0.717) is 36.5 Å². The third-order valence-corrected chi connectivity index (χ3v) is 4.86. The summed E-state index contributed by atoms with van der Waals surface area (Å²) in [6, 6.07) is 14.5. The van der Waals surface area contributed by atoms with E-state index in [1.807, 2.05) is 30.3 Å². The molecule has 2 aromatic rings. The van der Waals surface area contributed by atoms with Crippen LogP contribution in [0.15, 0.2) is 66.3 Å². The highest BCUT2D eigenvalue weighted by Gasteiger charge is 2.47. The van der Waals surface area contributed by atoms with Crippen LogP contribution in [0.2, 0.25) is 0 Å². The Morgan fingerprint density at radius 2 is 1.93 bits per heavy atom. The highest BCUT2D eigenvalue weighted by atomic mass is 16.5. The zero-order chi connectivity index (χ0) is 21.6. The molecule has 0 radical (unpaired) electrons. The van der Waals surface area contributed by atoms with Gasteiger partial charge in [0.2, 0.25) is 0 Å². The van der Waals surface area contributed by atoms with E-state index in [1.165, 1.54) is 13.3 Å². The molecular weight excluding hydrogens is 382 g/mol. The molecule has 1 heterocycles. The summed E-state index contributed by atoms with van der Waals surface area (Å²) in [5.41, 5.74) is 0.773. The monoisotopic (exact) mass is 407 g/mol. The minimum atomic E-state index is -0.996. The minimum absolute atomic E-state index is 0.355. The van der Waals surface area contributed by atoms with E-state index in [1.54, 1.807) is 31.2 Å². The number of nitrogens with one attached hydrogen (secondary N) is 1. The molecule has 1 fully saturated rings. The lowest BCUT2D eigenvalue weighted by Crippen LogP contribution is -2.44. The lowest BCUT2D eigenvalue weighted by molar-refractivity contribution is -0.130. The van der Waals surface area contributed by atoms with Crippen LogP contribution in [-0.2, 0) is 11.2 Å². The van der Waals surface area contributed by atoms with Gasteiger partial charge in [-0.25, -0.2) is 4.79 Å². The van der Waals surface area contributed by atoms with Crippen LogP contribution in [0, 0.1) is 0 Å². The summed E-state index contributed by atoms with van der Waals surface area (Å²) >= 11 is 0. The van der Waals surface area contributed by atoms with Crippen LogP contribution >= 0.6 is 0 Å². The third kappa shape index (κ3) is 4.68. The molecule has 2 aromatic carbocycles. The number of rotatable bonds is 9. The van der Waals surface area contributed by atoms with Gasteiger partial charge in [-0.1, -0.05) is 43.0 Å². The number of aryl methyl sites for hydroxylation is 1. The lowest BCUT2D eigenvalue weighted by atomic mass is 9.93. The third-order valence-electron chi connectivity index (χ3n) is 4.86. The summed E-state index contributed by atoms with van der Waals surface area (Å²) in [5, 5.41) is 7.74. The predicted molar refractivity (Wildman–Crippen MR) is 115 cm³/mol. The number of carbonyl (C=O) groups is 2. The molecule has 1 saturated heterocycles. The van der Waals surface area contributed by atoms with Crippen molar-refractivity contribution in [2.75, 3.05) is 13.7 Å². The van der Waals surface area contributed by atoms with Crippen molar-refractivity contribution in [3.8, 4) is 11.5 Å². The van der Waals surface area contributed by atoms with E-state index in [-0.39, 0.29) is 5.91 Å². The fourth-order valence-corrected chi connectivity index (χ4v) is 3.14. The van der Waals surface area contributed by atoms with Crippen LogP contribution in [0.25, 0.3) is 0 Å². The molecule has 0 saturated carbocycles. The topological polar surface area (TPSA) is 80.2 Å². The zero-order valence-electron chi connectivity index (χ0n) is 17.1. The highest BCUT2D eigenvalue weighted by Crippen LogP contribution is 2.28. The fraction of sp³-hybridized carbons (Fsp3) is 0.261. The molecule has 30 heavy (non-hydrogen) atoms. The van der Waals surface area contributed by atoms with Gasteiger partial charge in [-0.15, -0.1) is 5.01 Å². The molecule has 1 N–H and O–H groups in total. The number of hydrazone groups is 1. The average Bonchev–Trinajstić information content (AvgIpc) is 2.98. The molecule has 3 amide bonds. The second-order valence-electron chi connectivity index (χ2n) is 7.12. The number of nitrogens with zero attached hydrogens (tertiary/aromatic N) is 2. The summed E-state index contributed by atoms with van der Waals surface area (Å²) in [6.07, 6.45) is 4.24. The molecule has 1 atom stereocenters. The van der Waals surface area contributed by atoms with E-state index in [9.17, 15) is 9.59 Å². The largest absolute Gasteiger partial charge is 0.493 e. The van der Waals surface area contributed by atoms with Crippen LogP contribution < -0.4 is 14.8 Å². The second kappa shape index (κ2) is 9.26. The van der Waals surface area contributed by atoms with E-state index < -0.39 is 11.6 Å². The van der Waals surface area contributed by atoms with Crippen LogP contribution in [0.5, 0.6) is 11.5 Å². The van der Waals surface area contributed by atoms with Gasteiger partial charge in [0.05, 0.1) is 13.3 Å². The molecule has 7 nitrogen and oxygen atoms in total. The molecule has 0 unspecified atom stereocenters. The molecular formula is C23H25N3O4. The number of hydrogen-bond acceptors (Lipinski definition) is 5. The molecule has 7 heteroatoms. The van der Waals surface area contributed by atoms with Crippen LogP contribution in [0.4, 0.5) is 4.79 Å². The van der Waals surface area contributed by atoms with Gasteiger partial charge in [0.15, 0.2) is 11.5 Å². The molecule has 0 aliphatic carbocycles. The van der Waals surface area contributed by atoms with Gasteiger partial charge in [-0.2, -0.15) is 5.10 Å². The Balaban J connectivity index is 1.70. The number of methoxy groups -OCH3 is 1. The van der Waals surface area contributed by atoms with Crippen molar-refractivity contribution in [1.29, 1.82) is 0 Å². The maximum absolute atomic E-state index is 12.9. The van der Waals surface area contributed by atoms with Crippen molar-refractivity contribution >= 4 is 18.2 Å². The Labute approximate surface area is 176 Å². The first kappa shape index (κ1) is 21.1. The quantitative estimate of drug-likeness (QED) is 0.392. The van der Waals surface area contributed by atoms with Crippen molar-refractivity contribution in [1.82, 2.24) is 10.3 Å². The van der Waals surface area contributed by atoms with Gasteiger partial charge in [-0.05, 0) is 49.1 Å². The average molecular weight is 407 g/mol. The Kier molecular flexibility index (Phi) is 6.51. The van der Waals surface area contributed by atoms with Gasteiger partial charge in [0.25, 0.3) is 5.91 Å². The maximum atomic E-state index is 12.9. The van der Waals surface area contributed by atoms with E-state index >= 15 is 0 Å². The number of ether oxygens (including phenoxy) is 2. The smallest absolute Gasteiger partial charge is 0.346 e. The van der Waals surface area contributed by atoms with Crippen molar-refractivity contribution in [2.24, 2.45) is 5.10 Å². The molecule has 0 aromatic heterocycles. The van der Waals surface area contributed by atoms with Gasteiger partial charge in [0, 0.05) is 0 Å². The first-order valence-electron chi connectivity index (χ1n) is 9.63. The fourth-order valence-electron chi connectivity index (χ4n) is 3.14. The molecule has 1 aliphatic rings. The molecule has 0 spiro atoms. The van der Waals surface area contributed by atoms with Gasteiger partial charge < -0.3 is 14.8 Å². The molecule has 3 rings (SSSR count). The van der Waals surface area contributed by atoms with Crippen LogP contribution in [0.1, 0.15) is 24.5 Å². The van der Waals surface area contributed by atoms with E-state index in [4.69, 9.17) is 9.47 Å². The summed E-state index contributed by atoms with van der Waals surface area (Å²) in [4.78, 5) is 25.2. The minimum Gasteiger partial charge on any atom is -0.493 e. The van der Waals surface area contributed by atoms with Gasteiger partial charge >= 0.3 is 6.03 Å². The van der Waals surface area contributed by atoms with Crippen molar-refractivity contribution < 1.29 is 19.1 Å². The van der Waals surface area contributed by atoms with E-state index in [0.717, 1.165) is 10.6 Å². The first-order chi connectivity index (χ1) is 14.5. The maximum Gasteiger partial charge on any atom is 0.346 e. The van der Waals surface area contributed by atoms with Gasteiger partial charge in [0.1, 0.15) is 12.1 Å². The predicted octanol–water partition coefficient (Wildman–Crippen LogP) is 3.54. The highest BCUT2D eigenvalue weighted by molar-refractivity contribution is 6.07. The van der Waals surface area contributed by atoms with Gasteiger partial charge in [-0.3, -0.25) is 4.79 Å². The summed E-state index contributed by atoms with van der Waals surface area (Å²) in [7, 11) is 1.53. The summed E-state index contributed by atoms with van der Waals surface area (Å²) in [5.74, 6) is 0.710. The van der Waals surface area contributed by atoms with Crippen molar-refractivity contribution in [3.63, 3.8) is 0 Å². The normalized spacial score (nSPS) is 18.5. The SMILES string of the molecule is C=CCOc1ccc(/C=N\N2C(=O)N[C@@](C)(CCc3ccccc3)C2=O)cc1OC. The van der Waals surface area contributed by atoms with Crippen molar-refractivity contribution in [2.45, 2.75) is 25.3 Å². The van der Waals surface area contributed by atoms with Crippen LogP contribution in [-0.4, -0.2) is 42.4 Å². The Bertz CT molecular complexity index is 958.